The standard InChI is InChI=1S/C19H22ClN3O3/c1-12-5-8-18(13(2)9-12)21-19(24)14(3)22(4)11-15-10-16(23(25)26)6-7-17(15)20/h5-10,14H,11H2,1-4H3,(H,21,24). The van der Waals surface area contributed by atoms with Gasteiger partial charge in [0.15, 0.2) is 0 Å². The second kappa shape index (κ2) is 8.29. The number of nitrogens with one attached hydrogen (secondary N) is 1. The van der Waals surface area contributed by atoms with Crippen LogP contribution in [0.1, 0.15) is 23.6 Å². The highest BCUT2D eigenvalue weighted by Crippen LogP contribution is 2.24. The molecule has 1 N–H and O–H groups in total. The van der Waals surface area contributed by atoms with Crippen molar-refractivity contribution in [2.45, 2.75) is 33.4 Å². The molecule has 2 aromatic carbocycles. The summed E-state index contributed by atoms with van der Waals surface area (Å²) < 4.78 is 0. The maximum Gasteiger partial charge on any atom is 0.269 e. The van der Waals surface area contributed by atoms with Crippen molar-refractivity contribution >= 4 is 28.9 Å². The van der Waals surface area contributed by atoms with Crippen LogP contribution in [0, 0.1) is 24.0 Å². The van der Waals surface area contributed by atoms with Gasteiger partial charge in [-0.3, -0.25) is 19.8 Å². The minimum atomic E-state index is -0.462. The number of anilines is 1. The molecule has 0 aliphatic rings. The predicted molar refractivity (Wildman–Crippen MR) is 104 cm³/mol. The molecule has 0 heterocycles. The monoisotopic (exact) mass is 375 g/mol. The normalized spacial score (nSPS) is 12.1. The summed E-state index contributed by atoms with van der Waals surface area (Å²) in [6, 6.07) is 9.70. The van der Waals surface area contributed by atoms with Crippen molar-refractivity contribution < 1.29 is 9.72 Å². The molecule has 0 saturated heterocycles. The number of hydrogen-bond acceptors (Lipinski definition) is 4. The number of halogens is 1. The number of non-ortho nitro benzene ring substituents is 1. The lowest BCUT2D eigenvalue weighted by atomic mass is 10.1. The molecular formula is C19H22ClN3O3. The summed E-state index contributed by atoms with van der Waals surface area (Å²) in [5, 5.41) is 14.3. The van der Waals surface area contributed by atoms with Crippen molar-refractivity contribution in [2.75, 3.05) is 12.4 Å². The van der Waals surface area contributed by atoms with Gasteiger partial charge in [-0.15, -0.1) is 0 Å². The summed E-state index contributed by atoms with van der Waals surface area (Å²) >= 11 is 6.14. The lowest BCUT2D eigenvalue weighted by Crippen LogP contribution is -2.39. The Morgan fingerprint density at radius 1 is 1.27 bits per heavy atom. The van der Waals surface area contributed by atoms with Gasteiger partial charge in [0.05, 0.1) is 11.0 Å². The van der Waals surface area contributed by atoms with E-state index < -0.39 is 11.0 Å². The van der Waals surface area contributed by atoms with Gasteiger partial charge in [0.1, 0.15) is 0 Å². The Bertz CT molecular complexity index is 839. The average molecular weight is 376 g/mol. The van der Waals surface area contributed by atoms with E-state index in [1.54, 1.807) is 18.9 Å². The van der Waals surface area contributed by atoms with Crippen molar-refractivity contribution in [1.29, 1.82) is 0 Å². The minimum Gasteiger partial charge on any atom is -0.324 e. The number of benzene rings is 2. The third kappa shape index (κ3) is 4.80. The zero-order chi connectivity index (χ0) is 19.4. The number of nitrogens with zero attached hydrogens (tertiary/aromatic N) is 2. The van der Waals surface area contributed by atoms with E-state index in [9.17, 15) is 14.9 Å². The second-order valence-electron chi connectivity index (χ2n) is 6.43. The van der Waals surface area contributed by atoms with Crippen LogP contribution in [0.4, 0.5) is 11.4 Å². The van der Waals surface area contributed by atoms with E-state index in [0.717, 1.165) is 16.8 Å². The molecule has 1 unspecified atom stereocenters. The van der Waals surface area contributed by atoms with E-state index >= 15 is 0 Å². The first-order chi connectivity index (χ1) is 12.2. The number of carbonyl (C=O) groups excluding carboxylic acids is 1. The van der Waals surface area contributed by atoms with Crippen LogP contribution in [0.5, 0.6) is 0 Å². The molecule has 0 aliphatic carbocycles. The maximum absolute atomic E-state index is 12.5. The van der Waals surface area contributed by atoms with Crippen molar-refractivity contribution in [3.63, 3.8) is 0 Å². The molecule has 2 rings (SSSR count). The predicted octanol–water partition coefficient (Wildman–Crippen LogP) is 4.32. The SMILES string of the molecule is Cc1ccc(NC(=O)C(C)N(C)Cc2cc([N+](=O)[O-])ccc2Cl)c(C)c1. The lowest BCUT2D eigenvalue weighted by molar-refractivity contribution is -0.384. The van der Waals surface area contributed by atoms with Crippen molar-refractivity contribution in [1.82, 2.24) is 4.90 Å². The number of nitro groups is 1. The summed E-state index contributed by atoms with van der Waals surface area (Å²) in [5.74, 6) is -0.152. The zero-order valence-electron chi connectivity index (χ0n) is 15.2. The van der Waals surface area contributed by atoms with Gasteiger partial charge < -0.3 is 5.32 Å². The molecule has 0 bridgehead atoms. The first-order valence-electron chi connectivity index (χ1n) is 8.20. The van der Waals surface area contributed by atoms with E-state index in [2.05, 4.69) is 5.32 Å². The average Bonchev–Trinajstić information content (AvgIpc) is 2.58. The third-order valence-electron chi connectivity index (χ3n) is 4.34. The fourth-order valence-corrected chi connectivity index (χ4v) is 2.77. The molecule has 0 radical (unpaired) electrons. The first-order valence-corrected chi connectivity index (χ1v) is 8.58. The van der Waals surface area contributed by atoms with E-state index in [4.69, 9.17) is 11.6 Å². The van der Waals surface area contributed by atoms with Crippen molar-refractivity contribution in [2.24, 2.45) is 0 Å². The molecule has 26 heavy (non-hydrogen) atoms. The van der Waals surface area contributed by atoms with Crippen LogP contribution in [0.25, 0.3) is 0 Å². The Balaban J connectivity index is 2.09. The highest BCUT2D eigenvalue weighted by Gasteiger charge is 2.20. The topological polar surface area (TPSA) is 75.5 Å². The van der Waals surface area contributed by atoms with Crippen LogP contribution in [0.15, 0.2) is 36.4 Å². The molecule has 0 spiro atoms. The van der Waals surface area contributed by atoms with Crippen molar-refractivity contribution in [3.8, 4) is 0 Å². The number of rotatable bonds is 6. The molecule has 1 atom stereocenters. The Kier molecular flexibility index (Phi) is 6.34. The molecule has 6 nitrogen and oxygen atoms in total. The van der Waals surface area contributed by atoms with Gasteiger partial charge in [-0.2, -0.15) is 0 Å². The number of hydrogen-bond donors (Lipinski definition) is 1. The summed E-state index contributed by atoms with van der Waals surface area (Å²) in [4.78, 5) is 24.8. The largest absolute Gasteiger partial charge is 0.324 e. The minimum absolute atomic E-state index is 0.0230. The summed E-state index contributed by atoms with van der Waals surface area (Å²) in [5.41, 5.74) is 3.48. The number of aryl methyl sites for hydroxylation is 2. The lowest BCUT2D eigenvalue weighted by Gasteiger charge is -2.24. The van der Waals surface area contributed by atoms with Crippen LogP contribution in [-0.2, 0) is 11.3 Å². The van der Waals surface area contributed by atoms with E-state index in [1.165, 1.54) is 18.2 Å². The third-order valence-corrected chi connectivity index (χ3v) is 4.71. The maximum atomic E-state index is 12.5. The highest BCUT2D eigenvalue weighted by atomic mass is 35.5. The summed E-state index contributed by atoms with van der Waals surface area (Å²) in [6.07, 6.45) is 0. The van der Waals surface area contributed by atoms with Crippen LogP contribution < -0.4 is 5.32 Å². The van der Waals surface area contributed by atoms with Crippen LogP contribution in [0.2, 0.25) is 5.02 Å². The second-order valence-corrected chi connectivity index (χ2v) is 6.84. The van der Waals surface area contributed by atoms with Gasteiger partial charge in [0.25, 0.3) is 5.69 Å². The molecule has 0 aromatic heterocycles. The quantitative estimate of drug-likeness (QED) is 0.602. The zero-order valence-corrected chi connectivity index (χ0v) is 16.0. The molecular weight excluding hydrogens is 354 g/mol. The van der Waals surface area contributed by atoms with E-state index in [1.807, 2.05) is 32.0 Å². The van der Waals surface area contributed by atoms with Crippen LogP contribution >= 0.6 is 11.6 Å². The Hall–Kier alpha value is -2.44. The Morgan fingerprint density at radius 2 is 1.96 bits per heavy atom. The molecule has 0 aliphatic heterocycles. The Morgan fingerprint density at radius 3 is 2.58 bits per heavy atom. The molecule has 2 aromatic rings. The van der Waals surface area contributed by atoms with Gasteiger partial charge in [0.2, 0.25) is 5.91 Å². The molecule has 0 saturated carbocycles. The summed E-state index contributed by atoms with van der Waals surface area (Å²) in [6.45, 7) is 6.05. The van der Waals surface area contributed by atoms with E-state index in [-0.39, 0.29) is 11.6 Å². The first kappa shape index (κ1) is 19.9. The number of likely N-dealkylation sites (N-methyl/N-ethyl adjacent to an activating group) is 1. The van der Waals surface area contributed by atoms with E-state index in [0.29, 0.717) is 17.1 Å². The molecule has 1 amide bonds. The van der Waals surface area contributed by atoms with Crippen LogP contribution in [-0.4, -0.2) is 28.8 Å². The summed E-state index contributed by atoms with van der Waals surface area (Å²) in [7, 11) is 1.78. The smallest absolute Gasteiger partial charge is 0.269 e. The van der Waals surface area contributed by atoms with Crippen LogP contribution in [0.3, 0.4) is 0 Å². The fourth-order valence-electron chi connectivity index (χ4n) is 2.59. The van der Waals surface area contributed by atoms with Gasteiger partial charge in [-0.1, -0.05) is 29.3 Å². The van der Waals surface area contributed by atoms with Gasteiger partial charge in [0, 0.05) is 29.4 Å². The molecule has 7 heteroatoms. The number of amides is 1. The molecule has 138 valence electrons. The number of carbonyl (C=O) groups is 1. The van der Waals surface area contributed by atoms with Gasteiger partial charge >= 0.3 is 0 Å². The molecule has 0 fully saturated rings. The Labute approximate surface area is 157 Å². The fraction of sp³-hybridized carbons (Fsp3) is 0.316. The van der Waals surface area contributed by atoms with Crippen molar-refractivity contribution in [3.05, 3.63) is 68.2 Å². The highest BCUT2D eigenvalue weighted by molar-refractivity contribution is 6.31. The van der Waals surface area contributed by atoms with Gasteiger partial charge in [-0.25, -0.2) is 0 Å². The van der Waals surface area contributed by atoms with Gasteiger partial charge in [-0.05, 0) is 51.1 Å². The number of nitro benzene ring substituents is 1.